The molecule has 0 amide bonds. The van der Waals surface area contributed by atoms with E-state index in [1.165, 1.54) is 18.2 Å². The Morgan fingerprint density at radius 2 is 1.95 bits per heavy atom. The number of pyridine rings is 1. The van der Waals surface area contributed by atoms with E-state index in [4.69, 9.17) is 27.3 Å². The van der Waals surface area contributed by atoms with Crippen LogP contribution in [0.3, 0.4) is 0 Å². The quantitative estimate of drug-likeness (QED) is 0.851. The molecule has 1 aromatic heterocycles. The van der Waals surface area contributed by atoms with Crippen molar-refractivity contribution in [3.63, 3.8) is 0 Å². The Morgan fingerprint density at radius 1 is 1.24 bits per heavy atom. The van der Waals surface area contributed by atoms with Crippen molar-refractivity contribution < 1.29 is 17.9 Å². The van der Waals surface area contributed by atoms with Crippen LogP contribution in [-0.4, -0.2) is 4.98 Å². The lowest BCUT2D eigenvalue weighted by atomic mass is 10.2. The van der Waals surface area contributed by atoms with Crippen LogP contribution in [0.15, 0.2) is 30.3 Å². The van der Waals surface area contributed by atoms with Gasteiger partial charge in [-0.05, 0) is 30.3 Å². The summed E-state index contributed by atoms with van der Waals surface area (Å²) in [7, 11) is 0. The van der Waals surface area contributed by atoms with Crippen molar-refractivity contribution in [2.75, 3.05) is 5.73 Å². The average Bonchev–Trinajstić information content (AvgIpc) is 2.41. The number of ether oxygens (including phenoxy) is 1. The van der Waals surface area contributed by atoms with Gasteiger partial charge in [-0.3, -0.25) is 0 Å². The Kier molecular flexibility index (Phi) is 3.91. The third-order valence-electron chi connectivity index (χ3n) is 2.45. The fraction of sp³-hybridized carbons (Fsp3) is 0.0769. The Hall–Kier alpha value is -2.46. The number of nitrogens with zero attached hydrogens (tertiary/aromatic N) is 2. The molecular weight excluding hydrogens is 307 g/mol. The van der Waals surface area contributed by atoms with Crippen LogP contribution in [-0.2, 0) is 6.18 Å². The molecule has 0 atom stereocenters. The minimum atomic E-state index is -4.64. The van der Waals surface area contributed by atoms with E-state index in [0.29, 0.717) is 11.1 Å². The molecule has 108 valence electrons. The molecule has 2 N–H and O–H groups in total. The van der Waals surface area contributed by atoms with Crippen LogP contribution >= 0.6 is 11.6 Å². The number of anilines is 1. The zero-order valence-corrected chi connectivity index (χ0v) is 11.0. The van der Waals surface area contributed by atoms with E-state index in [2.05, 4.69) is 4.98 Å². The number of hydrogen-bond acceptors (Lipinski definition) is 4. The molecule has 1 heterocycles. The number of nitrogen functional groups attached to an aromatic ring is 1. The van der Waals surface area contributed by atoms with Gasteiger partial charge in [-0.25, -0.2) is 4.98 Å². The van der Waals surface area contributed by atoms with Crippen LogP contribution in [0, 0.1) is 11.3 Å². The Labute approximate surface area is 122 Å². The predicted octanol–water partition coefficient (Wildman–Crippen LogP) is 4.00. The third kappa shape index (κ3) is 3.35. The number of alkyl halides is 3. The molecule has 2 aromatic rings. The van der Waals surface area contributed by atoms with Gasteiger partial charge in [-0.2, -0.15) is 18.4 Å². The third-order valence-corrected chi connectivity index (χ3v) is 2.68. The molecule has 8 heteroatoms. The Balaban J connectivity index is 2.45. The molecule has 0 spiro atoms. The summed E-state index contributed by atoms with van der Waals surface area (Å²) in [5, 5.41) is 9.24. The first-order valence-corrected chi connectivity index (χ1v) is 5.90. The highest BCUT2D eigenvalue weighted by molar-refractivity contribution is 6.30. The second-order valence-electron chi connectivity index (χ2n) is 3.94. The monoisotopic (exact) mass is 313 g/mol. The van der Waals surface area contributed by atoms with E-state index in [1.807, 2.05) is 0 Å². The van der Waals surface area contributed by atoms with Crippen molar-refractivity contribution in [2.24, 2.45) is 0 Å². The van der Waals surface area contributed by atoms with Crippen molar-refractivity contribution in [3.05, 3.63) is 46.6 Å². The van der Waals surface area contributed by atoms with Crippen molar-refractivity contribution in [2.45, 2.75) is 6.18 Å². The maximum atomic E-state index is 12.6. The highest BCUT2D eigenvalue weighted by Gasteiger charge is 2.33. The van der Waals surface area contributed by atoms with Crippen LogP contribution in [0.2, 0.25) is 5.02 Å². The average molecular weight is 314 g/mol. The normalized spacial score (nSPS) is 11.0. The van der Waals surface area contributed by atoms with E-state index in [1.54, 1.807) is 6.07 Å². The molecule has 0 fully saturated rings. The van der Waals surface area contributed by atoms with Crippen LogP contribution < -0.4 is 10.5 Å². The van der Waals surface area contributed by atoms with Crippen LogP contribution in [0.1, 0.15) is 11.3 Å². The van der Waals surface area contributed by atoms with Gasteiger partial charge < -0.3 is 10.5 Å². The molecule has 0 unspecified atom stereocenters. The number of rotatable bonds is 2. The van der Waals surface area contributed by atoms with Gasteiger partial charge in [0.15, 0.2) is 5.75 Å². The van der Waals surface area contributed by atoms with Crippen molar-refractivity contribution in [1.29, 1.82) is 5.26 Å². The Morgan fingerprint density at radius 3 is 2.52 bits per heavy atom. The topological polar surface area (TPSA) is 71.9 Å². The summed E-state index contributed by atoms with van der Waals surface area (Å²) in [4.78, 5) is 3.32. The van der Waals surface area contributed by atoms with Crippen molar-refractivity contribution in [3.8, 4) is 17.7 Å². The van der Waals surface area contributed by atoms with Gasteiger partial charge in [-0.15, -0.1) is 0 Å². The van der Waals surface area contributed by atoms with E-state index in [0.717, 1.165) is 6.07 Å². The van der Waals surface area contributed by atoms with Crippen LogP contribution in [0.4, 0.5) is 18.9 Å². The molecule has 0 radical (unpaired) electrons. The number of nitrogens with two attached hydrogens (primary N) is 1. The molecule has 0 aliphatic rings. The molecule has 0 aliphatic carbocycles. The first kappa shape index (κ1) is 14.9. The maximum Gasteiger partial charge on any atom is 0.433 e. The zero-order valence-electron chi connectivity index (χ0n) is 10.3. The molecule has 4 nitrogen and oxygen atoms in total. The second kappa shape index (κ2) is 5.50. The van der Waals surface area contributed by atoms with Crippen LogP contribution in [0.25, 0.3) is 0 Å². The molecule has 0 saturated carbocycles. The fourth-order valence-corrected chi connectivity index (χ4v) is 1.66. The van der Waals surface area contributed by atoms with Crippen LogP contribution in [0.5, 0.6) is 11.6 Å². The highest BCUT2D eigenvalue weighted by atomic mass is 35.5. The molecule has 0 aliphatic heterocycles. The summed E-state index contributed by atoms with van der Waals surface area (Å²) in [5.74, 6) is -0.413. The summed E-state index contributed by atoms with van der Waals surface area (Å²) >= 11 is 5.71. The van der Waals surface area contributed by atoms with Gasteiger partial charge in [-0.1, -0.05) is 11.6 Å². The number of halogens is 4. The summed E-state index contributed by atoms with van der Waals surface area (Å²) in [6, 6.07) is 7.59. The first-order chi connectivity index (χ1) is 9.81. The standard InChI is InChI=1S/C13H7ClF3N3O/c14-8-2-3-10(9(19)5-8)21-12-7(6-18)1-4-11(20-12)13(15,16)17/h1-5H,19H2. The molecule has 2 rings (SSSR count). The lowest BCUT2D eigenvalue weighted by Gasteiger charge is -2.11. The maximum absolute atomic E-state index is 12.6. The molecule has 0 bridgehead atoms. The number of hydrogen-bond donors (Lipinski definition) is 1. The number of nitriles is 1. The van der Waals surface area contributed by atoms with Gasteiger partial charge in [0.2, 0.25) is 5.88 Å². The van der Waals surface area contributed by atoms with E-state index >= 15 is 0 Å². The Bertz CT molecular complexity index is 726. The fourth-order valence-electron chi connectivity index (χ4n) is 1.48. The summed E-state index contributed by atoms with van der Waals surface area (Å²) in [6.45, 7) is 0. The summed E-state index contributed by atoms with van der Waals surface area (Å²) in [6.07, 6.45) is -4.64. The van der Waals surface area contributed by atoms with E-state index in [9.17, 15) is 13.2 Å². The van der Waals surface area contributed by atoms with Gasteiger partial charge >= 0.3 is 6.18 Å². The van der Waals surface area contributed by atoms with E-state index in [-0.39, 0.29) is 17.0 Å². The van der Waals surface area contributed by atoms with Crippen molar-refractivity contribution in [1.82, 2.24) is 4.98 Å². The zero-order chi connectivity index (χ0) is 15.6. The first-order valence-electron chi connectivity index (χ1n) is 5.52. The highest BCUT2D eigenvalue weighted by Crippen LogP contribution is 2.33. The lowest BCUT2D eigenvalue weighted by molar-refractivity contribution is -0.141. The van der Waals surface area contributed by atoms with Gasteiger partial charge in [0.1, 0.15) is 17.3 Å². The lowest BCUT2D eigenvalue weighted by Crippen LogP contribution is -2.09. The van der Waals surface area contributed by atoms with Gasteiger partial charge in [0.05, 0.1) is 5.69 Å². The van der Waals surface area contributed by atoms with E-state index < -0.39 is 17.8 Å². The minimum absolute atomic E-state index is 0.0581. The van der Waals surface area contributed by atoms with Crippen molar-refractivity contribution >= 4 is 17.3 Å². The van der Waals surface area contributed by atoms with Gasteiger partial charge in [0.25, 0.3) is 0 Å². The SMILES string of the molecule is N#Cc1ccc(C(F)(F)F)nc1Oc1ccc(Cl)cc1N. The summed E-state index contributed by atoms with van der Waals surface area (Å²) < 4.78 is 43.1. The smallest absolute Gasteiger partial charge is 0.433 e. The van der Waals surface area contributed by atoms with Gasteiger partial charge in [0, 0.05) is 5.02 Å². The molecule has 21 heavy (non-hydrogen) atoms. The molecule has 0 saturated heterocycles. The number of aromatic nitrogens is 1. The number of benzene rings is 1. The minimum Gasteiger partial charge on any atom is -0.435 e. The molecular formula is C13H7ClF3N3O. The second-order valence-corrected chi connectivity index (χ2v) is 4.38. The summed E-state index contributed by atoms with van der Waals surface area (Å²) in [5.41, 5.74) is 4.45. The largest absolute Gasteiger partial charge is 0.435 e. The predicted molar refractivity (Wildman–Crippen MR) is 69.9 cm³/mol. The molecule has 1 aromatic carbocycles.